The molecule has 2 atom stereocenters. The molecule has 0 amide bonds. The van der Waals surface area contributed by atoms with Crippen LogP contribution < -0.4 is 10.6 Å². The third-order valence-electron chi connectivity index (χ3n) is 4.26. The van der Waals surface area contributed by atoms with Crippen LogP contribution in [-0.2, 0) is 0 Å². The van der Waals surface area contributed by atoms with Crippen molar-refractivity contribution in [1.82, 2.24) is 4.98 Å². The standard InChI is InChI=1S/C15H17BrN4O2/c1-9(17)10-4-5-19(8-10)15-12-6-11(16)2-3-13(12)18-7-14(15)20(21)22/h2-3,6-7,9-10H,4-5,8,17H2,1H3. The van der Waals surface area contributed by atoms with Crippen molar-refractivity contribution >= 4 is 38.2 Å². The second-order valence-electron chi connectivity index (χ2n) is 5.76. The molecule has 2 N–H and O–H groups in total. The quantitative estimate of drug-likeness (QED) is 0.667. The lowest BCUT2D eigenvalue weighted by atomic mass is 10.0. The molecule has 6 nitrogen and oxygen atoms in total. The fourth-order valence-electron chi connectivity index (χ4n) is 3.03. The zero-order chi connectivity index (χ0) is 15.9. The first-order chi connectivity index (χ1) is 10.5. The Morgan fingerprint density at radius 1 is 1.55 bits per heavy atom. The van der Waals surface area contributed by atoms with Gasteiger partial charge in [0, 0.05) is 29.0 Å². The summed E-state index contributed by atoms with van der Waals surface area (Å²) in [5.41, 5.74) is 7.45. The van der Waals surface area contributed by atoms with Crippen LogP contribution in [0.15, 0.2) is 28.9 Å². The minimum atomic E-state index is -0.359. The molecule has 3 rings (SSSR count). The van der Waals surface area contributed by atoms with Crippen LogP contribution in [-0.4, -0.2) is 29.0 Å². The van der Waals surface area contributed by atoms with Gasteiger partial charge < -0.3 is 10.6 Å². The van der Waals surface area contributed by atoms with Gasteiger partial charge in [-0.1, -0.05) is 15.9 Å². The topological polar surface area (TPSA) is 85.3 Å². The molecule has 1 aliphatic heterocycles. The number of nitrogens with two attached hydrogens (primary N) is 1. The summed E-state index contributed by atoms with van der Waals surface area (Å²) < 4.78 is 0.881. The number of rotatable bonds is 3. The van der Waals surface area contributed by atoms with E-state index < -0.39 is 0 Å². The predicted molar refractivity (Wildman–Crippen MR) is 90.1 cm³/mol. The number of nitro groups is 1. The van der Waals surface area contributed by atoms with Crippen LogP contribution in [0.5, 0.6) is 0 Å². The van der Waals surface area contributed by atoms with Gasteiger partial charge in [0.05, 0.1) is 10.4 Å². The summed E-state index contributed by atoms with van der Waals surface area (Å²) in [7, 11) is 0. The van der Waals surface area contributed by atoms with Crippen molar-refractivity contribution in [2.24, 2.45) is 11.7 Å². The van der Waals surface area contributed by atoms with E-state index in [1.54, 1.807) is 0 Å². The van der Waals surface area contributed by atoms with Gasteiger partial charge in [0.25, 0.3) is 0 Å². The number of halogens is 1. The van der Waals surface area contributed by atoms with Crippen LogP contribution in [0.2, 0.25) is 0 Å². The molecule has 1 saturated heterocycles. The maximum absolute atomic E-state index is 11.4. The van der Waals surface area contributed by atoms with Crippen molar-refractivity contribution in [3.05, 3.63) is 39.0 Å². The van der Waals surface area contributed by atoms with E-state index in [1.165, 1.54) is 6.20 Å². The Kier molecular flexibility index (Phi) is 4.01. The first-order valence-electron chi connectivity index (χ1n) is 7.20. The number of fused-ring (bicyclic) bond motifs is 1. The van der Waals surface area contributed by atoms with Gasteiger partial charge >= 0.3 is 5.69 Å². The molecule has 0 saturated carbocycles. The fraction of sp³-hybridized carbons (Fsp3) is 0.400. The average molecular weight is 365 g/mol. The third kappa shape index (κ3) is 2.66. The lowest BCUT2D eigenvalue weighted by Gasteiger charge is -2.21. The van der Waals surface area contributed by atoms with E-state index in [4.69, 9.17) is 5.73 Å². The summed E-state index contributed by atoms with van der Waals surface area (Å²) in [6.45, 7) is 3.51. The van der Waals surface area contributed by atoms with Crippen LogP contribution in [0.1, 0.15) is 13.3 Å². The molecule has 2 unspecified atom stereocenters. The summed E-state index contributed by atoms with van der Waals surface area (Å²) in [4.78, 5) is 17.4. The van der Waals surface area contributed by atoms with E-state index in [0.717, 1.165) is 34.9 Å². The Hall–Kier alpha value is -1.73. The van der Waals surface area contributed by atoms with Crippen molar-refractivity contribution in [2.75, 3.05) is 18.0 Å². The first-order valence-corrected chi connectivity index (χ1v) is 8.00. The van der Waals surface area contributed by atoms with Gasteiger partial charge in [0.1, 0.15) is 11.9 Å². The smallest absolute Gasteiger partial charge is 0.311 e. The van der Waals surface area contributed by atoms with Gasteiger partial charge in [-0.15, -0.1) is 0 Å². The first kappa shape index (κ1) is 15.2. The molecular weight excluding hydrogens is 348 g/mol. The van der Waals surface area contributed by atoms with Gasteiger partial charge in [-0.25, -0.2) is 4.98 Å². The van der Waals surface area contributed by atoms with Crippen molar-refractivity contribution in [3.8, 4) is 0 Å². The second-order valence-corrected chi connectivity index (χ2v) is 6.68. The van der Waals surface area contributed by atoms with E-state index in [1.807, 2.05) is 25.1 Å². The minimum absolute atomic E-state index is 0.0518. The number of hydrogen-bond acceptors (Lipinski definition) is 5. The van der Waals surface area contributed by atoms with Crippen LogP contribution >= 0.6 is 15.9 Å². The second kappa shape index (κ2) is 5.81. The lowest BCUT2D eigenvalue weighted by molar-refractivity contribution is -0.384. The van der Waals surface area contributed by atoms with Gasteiger partial charge in [-0.3, -0.25) is 10.1 Å². The van der Waals surface area contributed by atoms with Crippen LogP contribution in [0, 0.1) is 16.0 Å². The van der Waals surface area contributed by atoms with Gasteiger partial charge in [0.15, 0.2) is 0 Å². The van der Waals surface area contributed by atoms with Crippen LogP contribution in [0.25, 0.3) is 10.9 Å². The molecule has 7 heteroatoms. The van der Waals surface area contributed by atoms with Crippen molar-refractivity contribution in [1.29, 1.82) is 0 Å². The highest BCUT2D eigenvalue weighted by molar-refractivity contribution is 9.10. The summed E-state index contributed by atoms with van der Waals surface area (Å²) in [6, 6.07) is 5.74. The summed E-state index contributed by atoms with van der Waals surface area (Å²) in [6.07, 6.45) is 2.30. The Bertz CT molecular complexity index is 735. The maximum atomic E-state index is 11.4. The van der Waals surface area contributed by atoms with Crippen LogP contribution in [0.4, 0.5) is 11.4 Å². The molecule has 1 aromatic heterocycles. The maximum Gasteiger partial charge on any atom is 0.311 e. The summed E-state index contributed by atoms with van der Waals surface area (Å²) >= 11 is 3.44. The number of benzene rings is 1. The van der Waals surface area contributed by atoms with Crippen molar-refractivity contribution in [3.63, 3.8) is 0 Å². The van der Waals surface area contributed by atoms with E-state index >= 15 is 0 Å². The zero-order valence-corrected chi connectivity index (χ0v) is 13.8. The number of anilines is 1. The molecule has 2 heterocycles. The molecule has 1 aliphatic rings. The largest absolute Gasteiger partial charge is 0.365 e. The number of pyridine rings is 1. The Labute approximate surface area is 136 Å². The van der Waals surface area contributed by atoms with E-state index in [0.29, 0.717) is 11.6 Å². The molecule has 22 heavy (non-hydrogen) atoms. The lowest BCUT2D eigenvalue weighted by Crippen LogP contribution is -2.30. The monoisotopic (exact) mass is 364 g/mol. The number of nitrogens with zero attached hydrogens (tertiary/aromatic N) is 3. The SMILES string of the molecule is CC(N)C1CCN(c2c([N+](=O)[O-])cnc3ccc(Br)cc23)C1. The normalized spacial score (nSPS) is 19.6. The molecule has 0 bridgehead atoms. The Morgan fingerprint density at radius 3 is 2.95 bits per heavy atom. The molecule has 0 radical (unpaired) electrons. The highest BCUT2D eigenvalue weighted by atomic mass is 79.9. The summed E-state index contributed by atoms with van der Waals surface area (Å²) in [5.74, 6) is 0.356. The predicted octanol–water partition coefficient (Wildman–Crippen LogP) is 3.08. The molecular formula is C15H17BrN4O2. The fourth-order valence-corrected chi connectivity index (χ4v) is 3.39. The van der Waals surface area contributed by atoms with Crippen molar-refractivity contribution < 1.29 is 4.92 Å². The zero-order valence-electron chi connectivity index (χ0n) is 12.2. The van der Waals surface area contributed by atoms with Crippen molar-refractivity contribution in [2.45, 2.75) is 19.4 Å². The Morgan fingerprint density at radius 2 is 2.32 bits per heavy atom. The molecule has 2 aromatic rings. The van der Waals surface area contributed by atoms with Crippen LogP contribution in [0.3, 0.4) is 0 Å². The highest BCUT2D eigenvalue weighted by Gasteiger charge is 2.31. The molecule has 116 valence electrons. The molecule has 0 aliphatic carbocycles. The molecule has 1 aromatic carbocycles. The van der Waals surface area contributed by atoms with Gasteiger partial charge in [0.2, 0.25) is 0 Å². The van der Waals surface area contributed by atoms with E-state index in [9.17, 15) is 10.1 Å². The van der Waals surface area contributed by atoms with Gasteiger partial charge in [-0.2, -0.15) is 0 Å². The highest BCUT2D eigenvalue weighted by Crippen LogP contribution is 2.38. The Balaban J connectivity index is 2.15. The third-order valence-corrected chi connectivity index (χ3v) is 4.76. The van der Waals surface area contributed by atoms with E-state index in [2.05, 4.69) is 25.8 Å². The molecule has 1 fully saturated rings. The van der Waals surface area contributed by atoms with E-state index in [-0.39, 0.29) is 16.7 Å². The molecule has 0 spiro atoms. The number of aromatic nitrogens is 1. The summed E-state index contributed by atoms with van der Waals surface area (Å²) in [5, 5.41) is 12.2. The minimum Gasteiger partial charge on any atom is -0.365 e. The number of hydrogen-bond donors (Lipinski definition) is 1. The van der Waals surface area contributed by atoms with Gasteiger partial charge in [-0.05, 0) is 37.5 Å². The average Bonchev–Trinajstić information content (AvgIpc) is 2.95.